The first-order chi connectivity index (χ1) is 7.36. The summed E-state index contributed by atoms with van der Waals surface area (Å²) >= 11 is 5.46. The van der Waals surface area contributed by atoms with E-state index < -0.39 is 21.9 Å². The maximum atomic E-state index is 12.8. The van der Waals surface area contributed by atoms with Crippen LogP contribution in [0.5, 0.6) is 0 Å². The molecule has 1 N–H and O–H groups in total. The van der Waals surface area contributed by atoms with Gasteiger partial charge in [0.05, 0.1) is 16.0 Å². The number of hydrogen-bond acceptors (Lipinski definition) is 3. The van der Waals surface area contributed by atoms with Gasteiger partial charge in [0.15, 0.2) is 0 Å². The van der Waals surface area contributed by atoms with Crippen LogP contribution in [0.4, 0.5) is 4.39 Å². The van der Waals surface area contributed by atoms with Gasteiger partial charge in [-0.3, -0.25) is 0 Å². The number of nitrogens with zero attached hydrogens (tertiary/aromatic N) is 1. The van der Waals surface area contributed by atoms with Gasteiger partial charge in [-0.05, 0) is 25.1 Å². The fourth-order valence-corrected chi connectivity index (χ4v) is 2.39. The number of nitrogens with one attached hydrogen (secondary N) is 1. The number of sulfonamides is 1. The van der Waals surface area contributed by atoms with Crippen molar-refractivity contribution in [3.8, 4) is 6.07 Å². The highest BCUT2D eigenvalue weighted by molar-refractivity contribution is 7.89. The summed E-state index contributed by atoms with van der Waals surface area (Å²) in [6.07, 6.45) is 0. The van der Waals surface area contributed by atoms with E-state index in [-0.39, 0.29) is 9.92 Å². The van der Waals surface area contributed by atoms with Crippen LogP contribution in [0.3, 0.4) is 0 Å². The van der Waals surface area contributed by atoms with Gasteiger partial charge in [-0.25, -0.2) is 12.8 Å². The zero-order valence-electron chi connectivity index (χ0n) is 8.24. The molecular formula is C9H8ClFN2O2S. The van der Waals surface area contributed by atoms with Gasteiger partial charge in [0.1, 0.15) is 11.9 Å². The van der Waals surface area contributed by atoms with Gasteiger partial charge in [-0.15, -0.1) is 0 Å². The van der Waals surface area contributed by atoms with Crippen molar-refractivity contribution in [1.29, 1.82) is 5.26 Å². The highest BCUT2D eigenvalue weighted by Crippen LogP contribution is 2.19. The Bertz CT molecular complexity index is 539. The first kappa shape index (κ1) is 12.9. The van der Waals surface area contributed by atoms with Gasteiger partial charge in [0.2, 0.25) is 10.0 Å². The largest absolute Gasteiger partial charge is 0.241 e. The van der Waals surface area contributed by atoms with Crippen LogP contribution in [-0.4, -0.2) is 14.5 Å². The molecule has 0 aliphatic heterocycles. The summed E-state index contributed by atoms with van der Waals surface area (Å²) in [6.45, 7) is 1.39. The number of halogens is 2. The van der Waals surface area contributed by atoms with Crippen LogP contribution in [0, 0.1) is 17.1 Å². The van der Waals surface area contributed by atoms with Crippen molar-refractivity contribution in [2.45, 2.75) is 17.9 Å². The highest BCUT2D eigenvalue weighted by Gasteiger charge is 2.18. The van der Waals surface area contributed by atoms with Crippen molar-refractivity contribution >= 4 is 21.6 Å². The van der Waals surface area contributed by atoms with Gasteiger partial charge in [0.25, 0.3) is 0 Å². The molecule has 1 aromatic carbocycles. The Morgan fingerprint density at radius 3 is 2.69 bits per heavy atom. The first-order valence-electron chi connectivity index (χ1n) is 4.24. The van der Waals surface area contributed by atoms with E-state index >= 15 is 0 Å². The summed E-state index contributed by atoms with van der Waals surface area (Å²) < 4.78 is 38.2. The Morgan fingerprint density at radius 1 is 1.56 bits per heavy atom. The molecule has 1 rings (SSSR count). The molecule has 1 atom stereocenters. The maximum absolute atomic E-state index is 12.8. The third-order valence-electron chi connectivity index (χ3n) is 1.73. The standard InChI is InChI=1S/C9H8ClFN2O2S/c1-6(5-12)13-16(14,15)7-2-3-9(11)8(10)4-7/h2-4,6,13H,1H3. The smallest absolute Gasteiger partial charge is 0.207 e. The average Bonchev–Trinajstić information content (AvgIpc) is 2.21. The topological polar surface area (TPSA) is 70.0 Å². The Kier molecular flexibility index (Phi) is 3.86. The molecule has 1 aromatic rings. The van der Waals surface area contributed by atoms with Crippen molar-refractivity contribution in [3.05, 3.63) is 29.0 Å². The van der Waals surface area contributed by atoms with Crippen molar-refractivity contribution < 1.29 is 12.8 Å². The molecule has 0 bridgehead atoms. The first-order valence-corrected chi connectivity index (χ1v) is 6.10. The van der Waals surface area contributed by atoms with Gasteiger partial charge < -0.3 is 0 Å². The molecule has 16 heavy (non-hydrogen) atoms. The number of benzene rings is 1. The molecule has 1 unspecified atom stereocenters. The van der Waals surface area contributed by atoms with Crippen molar-refractivity contribution in [2.75, 3.05) is 0 Å². The average molecular weight is 263 g/mol. The van der Waals surface area contributed by atoms with Gasteiger partial charge in [-0.1, -0.05) is 11.6 Å². The minimum atomic E-state index is -3.83. The molecule has 0 fully saturated rings. The fraction of sp³-hybridized carbons (Fsp3) is 0.222. The second-order valence-electron chi connectivity index (χ2n) is 3.05. The molecule has 0 amide bonds. The number of hydrogen-bond donors (Lipinski definition) is 1. The summed E-state index contributed by atoms with van der Waals surface area (Å²) in [7, 11) is -3.83. The predicted octanol–water partition coefficient (Wildman–Crippen LogP) is 1.67. The third kappa shape index (κ3) is 2.92. The molecule has 0 radical (unpaired) electrons. The zero-order chi connectivity index (χ0) is 12.3. The monoisotopic (exact) mass is 262 g/mol. The van der Waals surface area contributed by atoms with Gasteiger partial charge >= 0.3 is 0 Å². The normalized spacial score (nSPS) is 13.1. The Hall–Kier alpha value is -1.16. The fourth-order valence-electron chi connectivity index (χ4n) is 0.971. The molecule has 0 aliphatic rings. The second kappa shape index (κ2) is 4.78. The van der Waals surface area contributed by atoms with Crippen LogP contribution in [0.2, 0.25) is 5.02 Å². The van der Waals surface area contributed by atoms with Gasteiger partial charge in [0, 0.05) is 0 Å². The maximum Gasteiger partial charge on any atom is 0.241 e. The molecule has 0 aromatic heterocycles. The quantitative estimate of drug-likeness (QED) is 0.901. The van der Waals surface area contributed by atoms with E-state index in [2.05, 4.69) is 4.72 Å². The molecule has 86 valence electrons. The molecule has 0 saturated carbocycles. The van der Waals surface area contributed by atoms with E-state index in [1.165, 1.54) is 6.92 Å². The highest BCUT2D eigenvalue weighted by atomic mass is 35.5. The van der Waals surface area contributed by atoms with Crippen LogP contribution in [0.1, 0.15) is 6.92 Å². The summed E-state index contributed by atoms with van der Waals surface area (Å²) in [5, 5.41) is 8.20. The lowest BCUT2D eigenvalue weighted by Gasteiger charge is -2.08. The number of rotatable bonds is 3. The summed E-state index contributed by atoms with van der Waals surface area (Å²) in [4.78, 5) is -0.180. The second-order valence-corrected chi connectivity index (χ2v) is 5.17. The van der Waals surface area contributed by atoms with Crippen molar-refractivity contribution in [2.24, 2.45) is 0 Å². The van der Waals surface area contributed by atoms with E-state index in [1.54, 1.807) is 6.07 Å². The van der Waals surface area contributed by atoms with E-state index in [4.69, 9.17) is 16.9 Å². The molecular weight excluding hydrogens is 255 g/mol. The molecule has 0 heterocycles. The molecule has 7 heteroatoms. The van der Waals surface area contributed by atoms with Crippen LogP contribution >= 0.6 is 11.6 Å². The third-order valence-corrected chi connectivity index (χ3v) is 3.55. The van der Waals surface area contributed by atoms with Gasteiger partial charge in [-0.2, -0.15) is 9.98 Å². The number of nitriles is 1. The van der Waals surface area contributed by atoms with Crippen LogP contribution in [-0.2, 0) is 10.0 Å². The molecule has 0 aliphatic carbocycles. The van der Waals surface area contributed by atoms with Crippen LogP contribution < -0.4 is 4.72 Å². The minimum Gasteiger partial charge on any atom is -0.207 e. The van der Waals surface area contributed by atoms with E-state index in [0.717, 1.165) is 18.2 Å². The predicted molar refractivity (Wildman–Crippen MR) is 56.8 cm³/mol. The van der Waals surface area contributed by atoms with E-state index in [9.17, 15) is 12.8 Å². The van der Waals surface area contributed by atoms with Crippen LogP contribution in [0.15, 0.2) is 23.1 Å². The SMILES string of the molecule is CC(C#N)NS(=O)(=O)c1ccc(F)c(Cl)c1. The van der Waals surface area contributed by atoms with E-state index in [1.807, 2.05) is 0 Å². The molecule has 4 nitrogen and oxygen atoms in total. The summed E-state index contributed by atoms with van der Waals surface area (Å²) in [5.41, 5.74) is 0. The van der Waals surface area contributed by atoms with E-state index in [0.29, 0.717) is 0 Å². The Morgan fingerprint density at radius 2 is 2.19 bits per heavy atom. The zero-order valence-corrected chi connectivity index (χ0v) is 9.81. The molecule has 0 saturated heterocycles. The minimum absolute atomic E-state index is 0.180. The van der Waals surface area contributed by atoms with Crippen LogP contribution in [0.25, 0.3) is 0 Å². The lowest BCUT2D eigenvalue weighted by molar-refractivity contribution is 0.576. The summed E-state index contributed by atoms with van der Waals surface area (Å²) in [6, 6.07) is 3.87. The molecule has 0 spiro atoms. The lowest BCUT2D eigenvalue weighted by Crippen LogP contribution is -2.31. The lowest BCUT2D eigenvalue weighted by atomic mass is 10.3. The van der Waals surface area contributed by atoms with Crippen molar-refractivity contribution in [3.63, 3.8) is 0 Å². The van der Waals surface area contributed by atoms with Crippen molar-refractivity contribution in [1.82, 2.24) is 4.72 Å². The Labute approximate surface area is 97.7 Å². The Balaban J connectivity index is 3.09. The summed E-state index contributed by atoms with van der Waals surface area (Å²) in [5.74, 6) is -0.700.